The summed E-state index contributed by atoms with van der Waals surface area (Å²) in [6.45, 7) is 2.44. The van der Waals surface area contributed by atoms with Crippen molar-refractivity contribution >= 4 is 5.91 Å². The molecule has 1 fully saturated rings. The molecule has 1 aromatic heterocycles. The molecule has 26 heavy (non-hydrogen) atoms. The fraction of sp³-hybridized carbons (Fsp3) is 0.429. The van der Waals surface area contributed by atoms with Crippen molar-refractivity contribution in [1.82, 2.24) is 15.2 Å². The molecule has 0 bridgehead atoms. The molecular weight excluding hydrogens is 326 g/mol. The van der Waals surface area contributed by atoms with E-state index in [-0.39, 0.29) is 5.91 Å². The number of hydrogen-bond donors (Lipinski definition) is 1. The highest BCUT2D eigenvalue weighted by atomic mass is 16.5. The third-order valence-corrected chi connectivity index (χ3v) is 4.91. The molecule has 1 aliphatic heterocycles. The number of pyridine rings is 1. The van der Waals surface area contributed by atoms with Gasteiger partial charge in [0.15, 0.2) is 0 Å². The monoisotopic (exact) mass is 353 g/mol. The van der Waals surface area contributed by atoms with E-state index >= 15 is 0 Å². The summed E-state index contributed by atoms with van der Waals surface area (Å²) in [7, 11) is 1.68. The van der Waals surface area contributed by atoms with E-state index in [1.807, 2.05) is 42.6 Å². The molecule has 1 saturated heterocycles. The molecule has 0 saturated carbocycles. The summed E-state index contributed by atoms with van der Waals surface area (Å²) >= 11 is 0. The summed E-state index contributed by atoms with van der Waals surface area (Å²) in [5.41, 5.74) is 2.25. The molecule has 5 nitrogen and oxygen atoms in total. The summed E-state index contributed by atoms with van der Waals surface area (Å²) < 4.78 is 5.28. The Hall–Kier alpha value is -2.40. The van der Waals surface area contributed by atoms with E-state index in [0.29, 0.717) is 12.5 Å². The van der Waals surface area contributed by atoms with Crippen LogP contribution in [-0.4, -0.2) is 42.0 Å². The number of hydrogen-bond acceptors (Lipinski definition) is 4. The number of methoxy groups -OCH3 is 1. The molecule has 1 N–H and O–H groups in total. The zero-order valence-corrected chi connectivity index (χ0v) is 15.4. The summed E-state index contributed by atoms with van der Waals surface area (Å²) in [5, 5.41) is 3.44. The topological polar surface area (TPSA) is 54.5 Å². The Kier molecular flexibility index (Phi) is 6.61. The Morgan fingerprint density at radius 1 is 1.27 bits per heavy atom. The van der Waals surface area contributed by atoms with E-state index in [0.717, 1.165) is 50.3 Å². The smallest absolute Gasteiger partial charge is 0.222 e. The van der Waals surface area contributed by atoms with Crippen LogP contribution in [0.3, 0.4) is 0 Å². The van der Waals surface area contributed by atoms with Crippen molar-refractivity contribution in [2.24, 2.45) is 0 Å². The summed E-state index contributed by atoms with van der Waals surface area (Å²) in [6, 6.07) is 14.4. The van der Waals surface area contributed by atoms with Crippen LogP contribution in [0, 0.1) is 0 Å². The Morgan fingerprint density at radius 3 is 3.00 bits per heavy atom. The SMILES string of the molecule is COc1cccc(CCN2C(=O)CC[C@@H]2CCNCc2ccccn2)c1. The second kappa shape index (κ2) is 9.34. The molecule has 0 unspecified atom stereocenters. The van der Waals surface area contributed by atoms with Gasteiger partial charge in [0.2, 0.25) is 5.91 Å². The van der Waals surface area contributed by atoms with E-state index in [1.54, 1.807) is 7.11 Å². The highest BCUT2D eigenvalue weighted by Crippen LogP contribution is 2.22. The van der Waals surface area contributed by atoms with Gasteiger partial charge in [-0.3, -0.25) is 9.78 Å². The Morgan fingerprint density at radius 2 is 2.19 bits per heavy atom. The third-order valence-electron chi connectivity index (χ3n) is 4.91. The van der Waals surface area contributed by atoms with Gasteiger partial charge in [0, 0.05) is 31.7 Å². The van der Waals surface area contributed by atoms with Crippen LogP contribution in [0.2, 0.25) is 0 Å². The number of carbonyl (C=O) groups excluding carboxylic acids is 1. The minimum absolute atomic E-state index is 0.280. The van der Waals surface area contributed by atoms with E-state index in [2.05, 4.69) is 21.3 Å². The number of likely N-dealkylation sites (tertiary alicyclic amines) is 1. The quantitative estimate of drug-likeness (QED) is 0.705. The van der Waals surface area contributed by atoms with Crippen molar-refractivity contribution in [3.63, 3.8) is 0 Å². The van der Waals surface area contributed by atoms with Crippen molar-refractivity contribution in [3.8, 4) is 5.75 Å². The first-order chi connectivity index (χ1) is 12.8. The van der Waals surface area contributed by atoms with Gasteiger partial charge in [-0.2, -0.15) is 0 Å². The maximum Gasteiger partial charge on any atom is 0.222 e. The largest absolute Gasteiger partial charge is 0.497 e. The number of amides is 1. The Labute approximate surface area is 155 Å². The first kappa shape index (κ1) is 18.4. The van der Waals surface area contributed by atoms with Gasteiger partial charge >= 0.3 is 0 Å². The number of nitrogens with one attached hydrogen (secondary N) is 1. The summed E-state index contributed by atoms with van der Waals surface area (Å²) in [4.78, 5) is 18.6. The molecule has 1 aliphatic rings. The van der Waals surface area contributed by atoms with Crippen LogP contribution in [-0.2, 0) is 17.8 Å². The summed E-state index contributed by atoms with van der Waals surface area (Å²) in [6.07, 6.45) is 5.29. The number of carbonyl (C=O) groups is 1. The molecule has 1 amide bonds. The fourth-order valence-electron chi connectivity index (χ4n) is 3.47. The second-order valence-corrected chi connectivity index (χ2v) is 6.67. The second-order valence-electron chi connectivity index (χ2n) is 6.67. The molecule has 1 aromatic carbocycles. The fourth-order valence-corrected chi connectivity index (χ4v) is 3.47. The van der Waals surface area contributed by atoms with Gasteiger partial charge in [0.25, 0.3) is 0 Å². The average molecular weight is 353 g/mol. The van der Waals surface area contributed by atoms with Gasteiger partial charge < -0.3 is 15.0 Å². The number of nitrogens with zero attached hydrogens (tertiary/aromatic N) is 2. The first-order valence-electron chi connectivity index (χ1n) is 9.29. The maximum atomic E-state index is 12.3. The van der Waals surface area contributed by atoms with Gasteiger partial charge in [-0.25, -0.2) is 0 Å². The van der Waals surface area contributed by atoms with E-state index < -0.39 is 0 Å². The van der Waals surface area contributed by atoms with Gasteiger partial charge in [0.1, 0.15) is 5.75 Å². The summed E-state index contributed by atoms with van der Waals surface area (Å²) in [5.74, 6) is 1.15. The zero-order chi connectivity index (χ0) is 18.2. The van der Waals surface area contributed by atoms with Gasteiger partial charge in [-0.15, -0.1) is 0 Å². The first-order valence-corrected chi connectivity index (χ1v) is 9.29. The van der Waals surface area contributed by atoms with Crippen LogP contribution < -0.4 is 10.1 Å². The number of aromatic nitrogens is 1. The van der Waals surface area contributed by atoms with E-state index in [4.69, 9.17) is 4.74 Å². The van der Waals surface area contributed by atoms with Gasteiger partial charge in [-0.05, 0) is 55.6 Å². The Balaban J connectivity index is 1.45. The molecule has 5 heteroatoms. The molecule has 2 heterocycles. The van der Waals surface area contributed by atoms with Crippen molar-refractivity contribution in [2.75, 3.05) is 20.2 Å². The predicted molar refractivity (Wildman–Crippen MR) is 102 cm³/mol. The molecule has 0 aliphatic carbocycles. The lowest BCUT2D eigenvalue weighted by atomic mass is 10.1. The van der Waals surface area contributed by atoms with E-state index in [9.17, 15) is 4.79 Å². The van der Waals surface area contributed by atoms with Crippen molar-refractivity contribution < 1.29 is 9.53 Å². The molecule has 3 rings (SSSR count). The molecule has 138 valence electrons. The molecule has 2 aromatic rings. The molecule has 0 radical (unpaired) electrons. The van der Waals surface area contributed by atoms with Crippen LogP contribution in [0.1, 0.15) is 30.5 Å². The molecule has 1 atom stereocenters. The minimum Gasteiger partial charge on any atom is -0.497 e. The van der Waals surface area contributed by atoms with Crippen molar-refractivity contribution in [3.05, 3.63) is 59.9 Å². The number of ether oxygens (including phenoxy) is 1. The van der Waals surface area contributed by atoms with Gasteiger partial charge in [-0.1, -0.05) is 18.2 Å². The Bertz CT molecular complexity index is 705. The van der Waals surface area contributed by atoms with Crippen LogP contribution in [0.15, 0.2) is 48.7 Å². The average Bonchev–Trinajstić information content (AvgIpc) is 3.04. The van der Waals surface area contributed by atoms with Gasteiger partial charge in [0.05, 0.1) is 12.8 Å². The van der Waals surface area contributed by atoms with Crippen LogP contribution in [0.5, 0.6) is 5.75 Å². The van der Waals surface area contributed by atoms with E-state index in [1.165, 1.54) is 5.56 Å². The standard InChI is InChI=1S/C21H27N3O2/c1-26-20-7-4-5-17(15-20)11-14-24-19(8-9-21(24)25)10-13-22-16-18-6-2-3-12-23-18/h2-7,12,15,19,22H,8-11,13-14,16H2,1H3/t19-/m1/s1. The zero-order valence-electron chi connectivity index (χ0n) is 15.4. The normalized spacial score (nSPS) is 16.9. The number of rotatable bonds is 9. The van der Waals surface area contributed by atoms with Crippen LogP contribution in [0.25, 0.3) is 0 Å². The number of benzene rings is 1. The lowest BCUT2D eigenvalue weighted by Gasteiger charge is -2.25. The molecule has 0 spiro atoms. The van der Waals surface area contributed by atoms with Crippen molar-refractivity contribution in [2.45, 2.75) is 38.3 Å². The highest BCUT2D eigenvalue weighted by Gasteiger charge is 2.29. The van der Waals surface area contributed by atoms with Crippen LogP contribution >= 0.6 is 0 Å². The molecular formula is C21H27N3O2. The highest BCUT2D eigenvalue weighted by molar-refractivity contribution is 5.78. The van der Waals surface area contributed by atoms with Crippen LogP contribution in [0.4, 0.5) is 0 Å². The third kappa shape index (κ3) is 5.05. The maximum absolute atomic E-state index is 12.3. The lowest BCUT2D eigenvalue weighted by Crippen LogP contribution is -2.36. The minimum atomic E-state index is 0.280. The predicted octanol–water partition coefficient (Wildman–Crippen LogP) is 2.80. The lowest BCUT2D eigenvalue weighted by molar-refractivity contribution is -0.129. The van der Waals surface area contributed by atoms with Crippen molar-refractivity contribution in [1.29, 1.82) is 0 Å².